The van der Waals surface area contributed by atoms with Gasteiger partial charge in [0, 0.05) is 59.1 Å². The lowest BCUT2D eigenvalue weighted by molar-refractivity contribution is 0.186. The van der Waals surface area contributed by atoms with Gasteiger partial charge >= 0.3 is 11.5 Å². The molecule has 0 bridgehead atoms. The molecule has 0 aliphatic carbocycles. The summed E-state index contributed by atoms with van der Waals surface area (Å²) in [5.41, 5.74) is 12.4. The highest BCUT2D eigenvalue weighted by Gasteiger charge is 2.14. The number of benzene rings is 4. The van der Waals surface area contributed by atoms with Crippen molar-refractivity contribution < 1.29 is 46.8 Å². The number of amides is 1. The van der Waals surface area contributed by atoms with E-state index in [0.717, 1.165) is 22.5 Å². The molecule has 4 aromatic carbocycles. The maximum absolute atomic E-state index is 13.5. The maximum Gasteiger partial charge on any atom is 0.411 e. The van der Waals surface area contributed by atoms with Gasteiger partial charge in [0.25, 0.3) is 0 Å². The fourth-order valence-corrected chi connectivity index (χ4v) is 5.47. The van der Waals surface area contributed by atoms with Crippen molar-refractivity contribution in [2.24, 2.45) is 0 Å². The summed E-state index contributed by atoms with van der Waals surface area (Å²) in [6.07, 6.45) is 3.42. The van der Waals surface area contributed by atoms with E-state index in [4.69, 9.17) is 24.7 Å². The summed E-state index contributed by atoms with van der Waals surface area (Å²) in [7, 11) is 8.59. The van der Waals surface area contributed by atoms with Crippen molar-refractivity contribution in [2.45, 2.75) is 12.8 Å². The highest BCUT2D eigenvalue weighted by molar-refractivity contribution is 6.61. The van der Waals surface area contributed by atoms with Gasteiger partial charge in [-0.1, -0.05) is 12.1 Å². The van der Waals surface area contributed by atoms with Crippen molar-refractivity contribution in [3.8, 4) is 45.5 Å². The van der Waals surface area contributed by atoms with Gasteiger partial charge in [-0.3, -0.25) is 5.32 Å². The number of ether oxygens (including phenoxy) is 6. The molecule has 0 aliphatic heterocycles. The number of hydrogen-bond acceptors (Lipinski definition) is 13. The normalized spacial score (nSPS) is 10.1. The van der Waals surface area contributed by atoms with Gasteiger partial charge in [-0.05, 0) is 71.8 Å². The Morgan fingerprint density at radius 3 is 1.47 bits per heavy atom. The molecule has 0 radical (unpaired) electrons. The van der Waals surface area contributed by atoms with Gasteiger partial charge in [-0.15, -0.1) is 0 Å². The van der Waals surface area contributed by atoms with Crippen LogP contribution in [0.3, 0.4) is 0 Å². The van der Waals surface area contributed by atoms with Crippen LogP contribution in [0.2, 0.25) is 0 Å². The minimum atomic E-state index is -0.773. The van der Waals surface area contributed by atoms with E-state index in [0.29, 0.717) is 69.7 Å². The summed E-state index contributed by atoms with van der Waals surface area (Å²) in [6.45, 7) is 0. The minimum Gasteiger partial charge on any atom is -0.496 e. The molecule has 0 fully saturated rings. The lowest BCUT2D eigenvalue weighted by atomic mass is 10.1. The number of nitrogens with two attached hydrogens (primary N) is 1. The summed E-state index contributed by atoms with van der Waals surface area (Å²) < 4.78 is 56.3. The smallest absolute Gasteiger partial charge is 0.411 e. The number of aromatic nitrogens is 4. The second-order valence-corrected chi connectivity index (χ2v) is 12.3. The second-order valence-electron chi connectivity index (χ2n) is 12.0. The summed E-state index contributed by atoms with van der Waals surface area (Å²) in [4.78, 5) is 38.1. The Morgan fingerprint density at radius 2 is 1.05 bits per heavy atom. The lowest BCUT2D eigenvalue weighted by Crippen LogP contribution is -2.12. The van der Waals surface area contributed by atoms with E-state index in [-0.39, 0.29) is 11.6 Å². The van der Waals surface area contributed by atoms with Gasteiger partial charge in [-0.2, -0.15) is 0 Å². The number of anilines is 2. The highest BCUT2D eigenvalue weighted by Crippen LogP contribution is 2.32. The molecule has 6 rings (SSSR count). The third-order valence-corrected chi connectivity index (χ3v) is 8.39. The molecule has 14 nitrogen and oxygen atoms in total. The van der Waals surface area contributed by atoms with Crippen molar-refractivity contribution in [1.82, 2.24) is 19.9 Å². The molecule has 59 heavy (non-hydrogen) atoms. The number of nitrogen functional groups attached to an aromatic ring is 1. The molecular weight excluding hydrogens is 790 g/mol. The predicted octanol–water partition coefficient (Wildman–Crippen LogP) is 8.53. The first-order valence-electron chi connectivity index (χ1n) is 17.4. The van der Waals surface area contributed by atoms with Crippen LogP contribution in [-0.4, -0.2) is 74.1 Å². The van der Waals surface area contributed by atoms with E-state index in [1.807, 2.05) is 36.4 Å². The van der Waals surface area contributed by atoms with Gasteiger partial charge in [0.2, 0.25) is 0 Å². The minimum absolute atomic E-state index is 0.358. The topological polar surface area (TPSA) is 179 Å². The number of carbonyl (C=O) groups is 2. The van der Waals surface area contributed by atoms with Gasteiger partial charge in [0.05, 0.1) is 65.4 Å². The fourth-order valence-electron chi connectivity index (χ4n) is 5.47. The third kappa shape index (κ3) is 13.0. The molecule has 0 saturated heterocycles. The summed E-state index contributed by atoms with van der Waals surface area (Å²) in [5.74, 6) is 1.23. The van der Waals surface area contributed by atoms with Crippen LogP contribution in [0.1, 0.15) is 22.5 Å². The standard InChI is InChI=1S/C21H20FN3O4.C19H18FN3O2.C2H3ClO2/c1-27-19-7-4-13(9-18(19)25-21(26)29-3)8-15-11-17(24-12-23-15)16-6-5-14(22)10-20(16)28-2;1-24-18-6-3-12(8-16(18)21)7-14-10-17(23-11-22-14)15-5-4-13(20)9-19(15)25-2;1-5-2(3)4/h4-7,9-12H,8H2,1-3H3,(H,25,26);3-6,8-11H,7,21H2,1-2H3;1H3. The van der Waals surface area contributed by atoms with Gasteiger partial charge in [-0.25, -0.2) is 38.3 Å². The number of carbonyl (C=O) groups excluding carboxylic acids is 2. The summed E-state index contributed by atoms with van der Waals surface area (Å²) in [5, 5.41) is 2.62. The van der Waals surface area contributed by atoms with Gasteiger partial charge < -0.3 is 34.2 Å². The van der Waals surface area contributed by atoms with E-state index in [1.165, 1.54) is 72.5 Å². The van der Waals surface area contributed by atoms with Crippen molar-refractivity contribution in [1.29, 1.82) is 0 Å². The molecule has 0 unspecified atom stereocenters. The predicted molar refractivity (Wildman–Crippen MR) is 218 cm³/mol. The Labute approximate surface area is 344 Å². The second kappa shape index (κ2) is 22.0. The number of halogens is 3. The number of nitrogens with one attached hydrogen (secondary N) is 1. The largest absolute Gasteiger partial charge is 0.496 e. The van der Waals surface area contributed by atoms with Crippen LogP contribution < -0.4 is 30.0 Å². The van der Waals surface area contributed by atoms with E-state index in [9.17, 15) is 18.4 Å². The first kappa shape index (κ1) is 44.6. The monoisotopic (exact) mass is 830 g/mol. The zero-order valence-electron chi connectivity index (χ0n) is 32.9. The average molecular weight is 831 g/mol. The number of methoxy groups -OCH3 is 6. The van der Waals surface area contributed by atoms with E-state index in [2.05, 4.69) is 46.3 Å². The summed E-state index contributed by atoms with van der Waals surface area (Å²) in [6, 6.07) is 23.4. The van der Waals surface area contributed by atoms with E-state index in [1.54, 1.807) is 31.4 Å². The van der Waals surface area contributed by atoms with E-state index >= 15 is 0 Å². The molecule has 17 heteroatoms. The van der Waals surface area contributed by atoms with E-state index < -0.39 is 11.5 Å². The molecule has 0 aliphatic rings. The molecule has 2 heterocycles. The molecule has 1 amide bonds. The summed E-state index contributed by atoms with van der Waals surface area (Å²) >= 11 is 4.60. The molecule has 0 spiro atoms. The first-order chi connectivity index (χ1) is 28.4. The number of hydrogen-bond donors (Lipinski definition) is 2. The number of rotatable bonds is 11. The Balaban J connectivity index is 0.000000236. The Kier molecular flexibility index (Phi) is 16.7. The molecule has 308 valence electrons. The van der Waals surface area contributed by atoms with Crippen LogP contribution in [0.15, 0.2) is 97.6 Å². The van der Waals surface area contributed by atoms with Crippen molar-refractivity contribution >= 4 is 34.5 Å². The molecule has 3 N–H and O–H groups in total. The molecule has 6 aromatic rings. The zero-order valence-corrected chi connectivity index (χ0v) is 33.7. The van der Waals surface area contributed by atoms with Crippen LogP contribution in [0.4, 0.5) is 29.7 Å². The molecule has 2 aromatic heterocycles. The molecule has 0 saturated carbocycles. The lowest BCUT2D eigenvalue weighted by Gasteiger charge is -2.12. The zero-order chi connectivity index (χ0) is 42.9. The quantitative estimate of drug-likeness (QED) is 0.0938. The Hall–Kier alpha value is -7.07. The van der Waals surface area contributed by atoms with Crippen molar-refractivity contribution in [3.05, 3.63) is 132 Å². The van der Waals surface area contributed by atoms with Crippen LogP contribution >= 0.6 is 11.6 Å². The Morgan fingerprint density at radius 1 is 0.593 bits per heavy atom. The number of nitrogens with zero attached hydrogens (tertiary/aromatic N) is 4. The van der Waals surface area contributed by atoms with Crippen molar-refractivity contribution in [3.63, 3.8) is 0 Å². The van der Waals surface area contributed by atoms with Crippen LogP contribution in [0.25, 0.3) is 22.5 Å². The van der Waals surface area contributed by atoms with Crippen LogP contribution in [0, 0.1) is 11.6 Å². The fraction of sp³-hybridized carbons (Fsp3) is 0.190. The maximum atomic E-state index is 13.5. The highest BCUT2D eigenvalue weighted by atomic mass is 35.5. The third-order valence-electron chi connectivity index (χ3n) is 8.24. The van der Waals surface area contributed by atoms with Crippen LogP contribution in [-0.2, 0) is 22.3 Å². The van der Waals surface area contributed by atoms with Gasteiger partial charge in [0.1, 0.15) is 47.3 Å². The SMILES string of the molecule is COC(=O)Cl.COC(=O)Nc1cc(Cc2cc(-c3ccc(F)cc3OC)ncn2)ccc1OC.COc1ccc(Cc2cc(-c3ccc(F)cc3OC)ncn2)cc1N. The van der Waals surface area contributed by atoms with Crippen molar-refractivity contribution in [2.75, 3.05) is 53.7 Å². The first-order valence-corrected chi connectivity index (χ1v) is 17.8. The average Bonchev–Trinajstić information content (AvgIpc) is 3.24. The van der Waals surface area contributed by atoms with Crippen LogP contribution in [0.5, 0.6) is 23.0 Å². The Bertz CT molecular complexity index is 2370. The molecule has 0 atom stereocenters. The van der Waals surface area contributed by atoms with Gasteiger partial charge in [0.15, 0.2) is 0 Å². The molecular formula is C42H41ClF2N6O8.